The van der Waals surface area contributed by atoms with Gasteiger partial charge in [-0.3, -0.25) is 0 Å². The molecule has 1 heterocycles. The molecule has 0 N–H and O–H groups in total. The van der Waals surface area contributed by atoms with Gasteiger partial charge < -0.3 is 9.47 Å². The maximum Gasteiger partial charge on any atom is 0.508 e. The van der Waals surface area contributed by atoms with E-state index in [-0.39, 0.29) is 0 Å². The summed E-state index contributed by atoms with van der Waals surface area (Å²) in [6.07, 6.45) is 2.52. The second-order valence-electron chi connectivity index (χ2n) is 2.98. The van der Waals surface area contributed by atoms with Crippen molar-refractivity contribution in [2.45, 2.75) is 26.2 Å². The van der Waals surface area contributed by atoms with E-state index >= 15 is 0 Å². The number of ether oxygens (including phenoxy) is 2. The van der Waals surface area contributed by atoms with Gasteiger partial charge in [0.1, 0.15) is 0 Å². The Morgan fingerprint density at radius 3 is 2.82 bits per heavy atom. The van der Waals surface area contributed by atoms with Crippen molar-refractivity contribution in [1.82, 2.24) is 0 Å². The molecule has 1 rings (SSSR count). The maximum absolute atomic E-state index is 10.7. The smallest absolute Gasteiger partial charge is 0.434 e. The zero-order valence-electron chi connectivity index (χ0n) is 6.84. The highest BCUT2D eigenvalue weighted by molar-refractivity contribution is 5.59. The molecule has 1 fully saturated rings. The van der Waals surface area contributed by atoms with Crippen LogP contribution in [-0.4, -0.2) is 19.4 Å². The highest BCUT2D eigenvalue weighted by Crippen LogP contribution is 2.12. The van der Waals surface area contributed by atoms with Crippen molar-refractivity contribution in [2.75, 3.05) is 13.2 Å². The van der Waals surface area contributed by atoms with Crippen molar-refractivity contribution in [1.29, 1.82) is 0 Å². The quantitative estimate of drug-likeness (QED) is 0.505. The lowest BCUT2D eigenvalue weighted by Gasteiger charge is -2.05. The normalized spacial score (nSPS) is 27.4. The highest BCUT2D eigenvalue weighted by Gasteiger charge is 2.09. The van der Waals surface area contributed by atoms with Crippen LogP contribution < -0.4 is 0 Å². The molecule has 11 heavy (non-hydrogen) atoms. The van der Waals surface area contributed by atoms with Gasteiger partial charge >= 0.3 is 6.16 Å². The van der Waals surface area contributed by atoms with Gasteiger partial charge in [-0.15, -0.1) is 0 Å². The van der Waals surface area contributed by atoms with Gasteiger partial charge in [0, 0.05) is 0 Å². The Kier molecular flexibility index (Phi) is 3.20. The summed E-state index contributed by atoms with van der Waals surface area (Å²) in [5.74, 6) is 0.643. The van der Waals surface area contributed by atoms with Crippen molar-refractivity contribution in [3.63, 3.8) is 0 Å². The van der Waals surface area contributed by atoms with Gasteiger partial charge in [0.15, 0.2) is 0 Å². The standard InChI is InChI=1S/C8H14O3/c1-7-3-2-5-10-8(9)11-6-4-7/h7H,2-6H2,1H3. The lowest BCUT2D eigenvalue weighted by Crippen LogP contribution is -2.07. The van der Waals surface area contributed by atoms with Crippen LogP contribution in [0.15, 0.2) is 0 Å². The molecule has 1 aliphatic rings. The van der Waals surface area contributed by atoms with Crippen LogP contribution in [-0.2, 0) is 9.47 Å². The molecule has 0 saturated carbocycles. The maximum atomic E-state index is 10.7. The van der Waals surface area contributed by atoms with Gasteiger partial charge in [-0.05, 0) is 25.2 Å². The highest BCUT2D eigenvalue weighted by atomic mass is 16.7. The summed E-state index contributed by atoms with van der Waals surface area (Å²) < 4.78 is 9.52. The van der Waals surface area contributed by atoms with Gasteiger partial charge in [0.05, 0.1) is 13.2 Å². The molecule has 0 aromatic rings. The van der Waals surface area contributed by atoms with Crippen LogP contribution in [0.5, 0.6) is 0 Å². The van der Waals surface area contributed by atoms with E-state index in [1.54, 1.807) is 0 Å². The van der Waals surface area contributed by atoms with Crippen LogP contribution in [0.4, 0.5) is 4.79 Å². The predicted octanol–water partition coefficient (Wildman–Crippen LogP) is 1.96. The molecule has 1 atom stereocenters. The summed E-state index contributed by atoms with van der Waals surface area (Å²) >= 11 is 0. The van der Waals surface area contributed by atoms with E-state index in [9.17, 15) is 4.79 Å². The average molecular weight is 158 g/mol. The molecule has 0 aromatic carbocycles. The molecule has 64 valence electrons. The Balaban J connectivity index is 2.29. The number of rotatable bonds is 0. The zero-order chi connectivity index (χ0) is 8.10. The minimum atomic E-state index is -0.515. The first-order valence-corrected chi connectivity index (χ1v) is 4.08. The topological polar surface area (TPSA) is 35.5 Å². The molecule has 1 saturated heterocycles. The van der Waals surface area contributed by atoms with Crippen molar-refractivity contribution in [3.05, 3.63) is 0 Å². The summed E-state index contributed by atoms with van der Waals surface area (Å²) in [5.41, 5.74) is 0. The van der Waals surface area contributed by atoms with Gasteiger partial charge in [-0.25, -0.2) is 4.79 Å². The van der Waals surface area contributed by atoms with E-state index in [1.807, 2.05) is 0 Å². The molecule has 0 aliphatic carbocycles. The molecule has 1 unspecified atom stereocenters. The molecule has 0 radical (unpaired) electrons. The van der Waals surface area contributed by atoms with E-state index in [1.165, 1.54) is 0 Å². The van der Waals surface area contributed by atoms with Crippen LogP contribution in [0.1, 0.15) is 26.2 Å². The molecule has 0 bridgehead atoms. The van der Waals surface area contributed by atoms with Gasteiger partial charge in [0.25, 0.3) is 0 Å². The van der Waals surface area contributed by atoms with E-state index in [0.29, 0.717) is 19.1 Å². The number of hydrogen-bond acceptors (Lipinski definition) is 3. The van der Waals surface area contributed by atoms with Crippen LogP contribution in [0, 0.1) is 5.92 Å². The van der Waals surface area contributed by atoms with E-state index < -0.39 is 6.16 Å². The fourth-order valence-corrected chi connectivity index (χ4v) is 1.12. The van der Waals surface area contributed by atoms with Gasteiger partial charge in [-0.2, -0.15) is 0 Å². The van der Waals surface area contributed by atoms with Crippen LogP contribution in [0.25, 0.3) is 0 Å². The Morgan fingerprint density at radius 1 is 1.27 bits per heavy atom. The molecule has 0 aromatic heterocycles. The summed E-state index contributed by atoms with van der Waals surface area (Å²) in [7, 11) is 0. The monoisotopic (exact) mass is 158 g/mol. The summed E-state index contributed by atoms with van der Waals surface area (Å²) in [6.45, 7) is 3.17. The Labute approximate surface area is 66.7 Å². The molecular formula is C8H14O3. The van der Waals surface area contributed by atoms with Gasteiger partial charge in [-0.1, -0.05) is 6.92 Å². The van der Waals surface area contributed by atoms with E-state index in [0.717, 1.165) is 19.3 Å². The second kappa shape index (κ2) is 4.21. The largest absolute Gasteiger partial charge is 0.508 e. The Hall–Kier alpha value is -0.730. The lowest BCUT2D eigenvalue weighted by molar-refractivity contribution is 0.0574. The molecule has 0 spiro atoms. The first-order chi connectivity index (χ1) is 5.29. The first kappa shape index (κ1) is 8.37. The van der Waals surface area contributed by atoms with Crippen molar-refractivity contribution < 1.29 is 14.3 Å². The first-order valence-electron chi connectivity index (χ1n) is 4.08. The minimum absolute atomic E-state index is 0.500. The Morgan fingerprint density at radius 2 is 2.00 bits per heavy atom. The molecule has 1 aliphatic heterocycles. The Bertz CT molecular complexity index is 133. The number of carbonyl (C=O) groups excluding carboxylic acids is 1. The van der Waals surface area contributed by atoms with Gasteiger partial charge in [0.2, 0.25) is 0 Å². The van der Waals surface area contributed by atoms with Crippen molar-refractivity contribution in [2.24, 2.45) is 5.92 Å². The fraction of sp³-hybridized carbons (Fsp3) is 0.875. The number of hydrogen-bond donors (Lipinski definition) is 0. The predicted molar refractivity (Wildman–Crippen MR) is 40.3 cm³/mol. The molecule has 0 amide bonds. The number of cyclic esters (lactones) is 2. The fourth-order valence-electron chi connectivity index (χ4n) is 1.12. The SMILES string of the molecule is CC1CCCOC(=O)OCC1. The lowest BCUT2D eigenvalue weighted by atomic mass is 10.0. The third-order valence-electron chi connectivity index (χ3n) is 1.89. The van der Waals surface area contributed by atoms with Crippen molar-refractivity contribution in [3.8, 4) is 0 Å². The molecular weight excluding hydrogens is 144 g/mol. The van der Waals surface area contributed by atoms with Crippen LogP contribution >= 0.6 is 0 Å². The zero-order valence-corrected chi connectivity index (χ0v) is 6.84. The molecule has 3 nitrogen and oxygen atoms in total. The number of carbonyl (C=O) groups is 1. The third kappa shape index (κ3) is 3.25. The summed E-state index contributed by atoms with van der Waals surface area (Å²) in [5, 5.41) is 0. The van der Waals surface area contributed by atoms with E-state index in [4.69, 9.17) is 9.47 Å². The van der Waals surface area contributed by atoms with Crippen LogP contribution in [0.2, 0.25) is 0 Å². The summed E-state index contributed by atoms with van der Waals surface area (Å²) in [6, 6.07) is 0. The van der Waals surface area contributed by atoms with Crippen molar-refractivity contribution >= 4 is 6.16 Å². The third-order valence-corrected chi connectivity index (χ3v) is 1.89. The van der Waals surface area contributed by atoms with E-state index in [2.05, 4.69) is 6.92 Å². The second-order valence-corrected chi connectivity index (χ2v) is 2.98. The molecule has 3 heteroatoms. The minimum Gasteiger partial charge on any atom is -0.434 e. The van der Waals surface area contributed by atoms with Crippen LogP contribution in [0.3, 0.4) is 0 Å². The average Bonchev–Trinajstić information content (AvgIpc) is 2.04. The summed E-state index contributed by atoms with van der Waals surface area (Å²) in [4.78, 5) is 10.7.